The normalized spacial score (nSPS) is 9.89. The second kappa shape index (κ2) is 5.55. The lowest BCUT2D eigenvalue weighted by molar-refractivity contribution is 0.103. The van der Waals surface area contributed by atoms with Gasteiger partial charge in [-0.15, -0.1) is 11.3 Å². The number of carbonyl (C=O) groups excluding carboxylic acids is 1. The van der Waals surface area contributed by atoms with Gasteiger partial charge < -0.3 is 0 Å². The van der Waals surface area contributed by atoms with Gasteiger partial charge in [0.05, 0.1) is 10.7 Å². The third-order valence-electron chi connectivity index (χ3n) is 2.44. The highest BCUT2D eigenvalue weighted by molar-refractivity contribution is 7.78. The second-order valence-electron chi connectivity index (χ2n) is 3.64. The molecule has 2 nitrogen and oxygen atoms in total. The summed E-state index contributed by atoms with van der Waals surface area (Å²) in [7, 11) is 0. The van der Waals surface area contributed by atoms with Crippen LogP contribution in [-0.4, -0.2) is 10.9 Å². The summed E-state index contributed by atoms with van der Waals surface area (Å²) in [6.45, 7) is 1.88. The van der Waals surface area contributed by atoms with E-state index in [1.165, 1.54) is 11.3 Å². The van der Waals surface area contributed by atoms with Crippen molar-refractivity contribution in [2.45, 2.75) is 6.92 Å². The second-order valence-corrected chi connectivity index (χ2v) is 5.12. The van der Waals surface area contributed by atoms with Crippen LogP contribution in [0.15, 0.2) is 34.6 Å². The smallest absolute Gasteiger partial charge is 0.196 e. The van der Waals surface area contributed by atoms with Crippen LogP contribution in [0.5, 0.6) is 0 Å². The quantitative estimate of drug-likeness (QED) is 0.467. The predicted octanol–water partition coefficient (Wildman–Crippen LogP) is 4.68. The average Bonchev–Trinajstić information content (AvgIpc) is 2.71. The van der Waals surface area contributed by atoms with Crippen LogP contribution in [-0.2, 0) is 0 Å². The minimum absolute atomic E-state index is 0.0746. The van der Waals surface area contributed by atoms with Gasteiger partial charge in [0.2, 0.25) is 0 Å². The van der Waals surface area contributed by atoms with Gasteiger partial charge in [0.15, 0.2) is 5.78 Å². The predicted molar refractivity (Wildman–Crippen MR) is 78.6 cm³/mol. The van der Waals surface area contributed by atoms with Crippen molar-refractivity contribution in [3.8, 4) is 0 Å². The first kappa shape index (κ1) is 13.1. The number of nitrogens with zero attached hydrogens (tertiary/aromatic N) is 1. The van der Waals surface area contributed by atoms with Crippen LogP contribution in [0.3, 0.4) is 0 Å². The summed E-state index contributed by atoms with van der Waals surface area (Å²) in [6.07, 6.45) is 0. The first-order chi connectivity index (χ1) is 8.63. The van der Waals surface area contributed by atoms with Gasteiger partial charge in [-0.25, -0.2) is 0 Å². The summed E-state index contributed by atoms with van der Waals surface area (Å²) in [4.78, 5) is 16.3. The maximum absolute atomic E-state index is 12.4. The highest BCUT2D eigenvalue weighted by Crippen LogP contribution is 2.32. The summed E-state index contributed by atoms with van der Waals surface area (Å²) in [6, 6.07) is 6.79. The largest absolute Gasteiger partial charge is 0.288 e. The Morgan fingerprint density at radius 1 is 1.39 bits per heavy atom. The fourth-order valence-electron chi connectivity index (χ4n) is 1.58. The molecule has 0 saturated carbocycles. The number of carbonyl (C=O) groups is 1. The van der Waals surface area contributed by atoms with Gasteiger partial charge >= 0.3 is 0 Å². The van der Waals surface area contributed by atoms with Crippen molar-refractivity contribution in [3.05, 3.63) is 51.4 Å². The fraction of sp³-hybridized carbons (Fsp3) is 0.0769. The number of hydrogen-bond donors (Lipinski definition) is 0. The molecule has 0 amide bonds. The molecule has 0 radical (unpaired) electrons. The fourth-order valence-corrected chi connectivity index (χ4v) is 2.73. The summed E-state index contributed by atoms with van der Waals surface area (Å²) < 4.78 is 0. The lowest BCUT2D eigenvalue weighted by Gasteiger charge is -2.01. The topological polar surface area (TPSA) is 29.4 Å². The minimum Gasteiger partial charge on any atom is -0.288 e. The van der Waals surface area contributed by atoms with Crippen molar-refractivity contribution in [3.63, 3.8) is 0 Å². The standard InChI is InChI=1S/C13H8ClNOS2/c1-8-6-18-13(15-7-17)11(8)12(16)9-2-4-10(14)5-3-9/h2-6H,1H3. The van der Waals surface area contributed by atoms with Crippen LogP contribution >= 0.6 is 35.2 Å². The minimum atomic E-state index is -0.0746. The van der Waals surface area contributed by atoms with Gasteiger partial charge in [-0.3, -0.25) is 4.79 Å². The van der Waals surface area contributed by atoms with E-state index in [1.807, 2.05) is 12.3 Å². The van der Waals surface area contributed by atoms with E-state index in [0.717, 1.165) is 5.56 Å². The van der Waals surface area contributed by atoms with E-state index in [9.17, 15) is 4.79 Å². The van der Waals surface area contributed by atoms with E-state index < -0.39 is 0 Å². The van der Waals surface area contributed by atoms with Crippen molar-refractivity contribution in [1.82, 2.24) is 0 Å². The number of thiocarbonyl (C=S) groups is 1. The highest BCUT2D eigenvalue weighted by atomic mass is 35.5. The Hall–Kier alpha value is -1.32. The Morgan fingerprint density at radius 2 is 2.06 bits per heavy atom. The number of benzene rings is 1. The number of halogens is 1. The lowest BCUT2D eigenvalue weighted by Crippen LogP contribution is -2.01. The van der Waals surface area contributed by atoms with E-state index in [2.05, 4.69) is 22.4 Å². The van der Waals surface area contributed by atoms with Crippen molar-refractivity contribution >= 4 is 51.1 Å². The van der Waals surface area contributed by atoms with Crippen molar-refractivity contribution in [2.75, 3.05) is 0 Å². The number of isothiocyanates is 1. The molecule has 0 aliphatic rings. The molecule has 0 atom stereocenters. The van der Waals surface area contributed by atoms with Crippen LogP contribution < -0.4 is 0 Å². The van der Waals surface area contributed by atoms with Gasteiger partial charge in [0.25, 0.3) is 0 Å². The highest BCUT2D eigenvalue weighted by Gasteiger charge is 2.18. The SMILES string of the molecule is Cc1csc(N=C=S)c1C(=O)c1ccc(Cl)cc1. The summed E-state index contributed by atoms with van der Waals surface area (Å²) in [5.41, 5.74) is 2.06. The molecule has 18 heavy (non-hydrogen) atoms. The Kier molecular flexibility index (Phi) is 4.04. The van der Waals surface area contributed by atoms with E-state index in [4.69, 9.17) is 11.6 Å². The summed E-state index contributed by atoms with van der Waals surface area (Å²) in [5.74, 6) is -0.0746. The van der Waals surface area contributed by atoms with Gasteiger partial charge in [0, 0.05) is 10.6 Å². The van der Waals surface area contributed by atoms with Gasteiger partial charge in [0.1, 0.15) is 5.00 Å². The number of rotatable bonds is 3. The molecule has 2 aromatic rings. The summed E-state index contributed by atoms with van der Waals surface area (Å²) >= 11 is 11.8. The number of ketones is 1. The lowest BCUT2D eigenvalue weighted by atomic mass is 10.0. The van der Waals surface area contributed by atoms with Gasteiger partial charge in [-0.05, 0) is 54.4 Å². The molecule has 90 valence electrons. The van der Waals surface area contributed by atoms with Gasteiger partial charge in [-0.2, -0.15) is 4.99 Å². The zero-order valence-electron chi connectivity index (χ0n) is 9.44. The molecule has 1 heterocycles. The molecule has 0 spiro atoms. The molecule has 0 aliphatic heterocycles. The maximum atomic E-state index is 12.4. The van der Waals surface area contributed by atoms with Crippen LogP contribution in [0.2, 0.25) is 5.02 Å². The third kappa shape index (κ3) is 2.57. The molecule has 0 fully saturated rings. The molecule has 5 heteroatoms. The number of hydrogen-bond acceptors (Lipinski definition) is 4. The molecule has 0 bridgehead atoms. The van der Waals surface area contributed by atoms with E-state index >= 15 is 0 Å². The Morgan fingerprint density at radius 3 is 2.67 bits per heavy atom. The van der Waals surface area contributed by atoms with E-state index in [1.54, 1.807) is 24.3 Å². The first-order valence-electron chi connectivity index (χ1n) is 5.09. The van der Waals surface area contributed by atoms with E-state index in [-0.39, 0.29) is 5.78 Å². The average molecular weight is 294 g/mol. The van der Waals surface area contributed by atoms with Crippen LogP contribution in [0, 0.1) is 6.92 Å². The Balaban J connectivity index is 2.48. The van der Waals surface area contributed by atoms with Crippen LogP contribution in [0.1, 0.15) is 21.5 Å². The molecule has 0 unspecified atom stereocenters. The molecule has 0 aliphatic carbocycles. The molecule has 2 rings (SSSR count). The van der Waals surface area contributed by atoms with Crippen molar-refractivity contribution in [1.29, 1.82) is 0 Å². The van der Waals surface area contributed by atoms with Crippen LogP contribution in [0.25, 0.3) is 0 Å². The molecular formula is C13H8ClNOS2. The number of aryl methyl sites for hydroxylation is 1. The molecule has 0 N–H and O–H groups in total. The summed E-state index contributed by atoms with van der Waals surface area (Å²) in [5, 5.41) is 5.38. The number of aliphatic imine (C=N–C) groups is 1. The van der Waals surface area contributed by atoms with Crippen LogP contribution in [0.4, 0.5) is 5.00 Å². The zero-order chi connectivity index (χ0) is 13.1. The van der Waals surface area contributed by atoms with Crippen molar-refractivity contribution < 1.29 is 4.79 Å². The maximum Gasteiger partial charge on any atom is 0.196 e. The molecular weight excluding hydrogens is 286 g/mol. The molecule has 0 saturated heterocycles. The molecule has 1 aromatic carbocycles. The van der Waals surface area contributed by atoms with Gasteiger partial charge in [-0.1, -0.05) is 11.6 Å². The number of thiophene rings is 1. The zero-order valence-corrected chi connectivity index (χ0v) is 11.8. The Labute approximate surface area is 119 Å². The van der Waals surface area contributed by atoms with E-state index in [0.29, 0.717) is 21.2 Å². The Bertz CT molecular complexity index is 640. The monoisotopic (exact) mass is 293 g/mol. The first-order valence-corrected chi connectivity index (χ1v) is 6.76. The third-order valence-corrected chi connectivity index (χ3v) is 3.77. The molecule has 1 aromatic heterocycles. The van der Waals surface area contributed by atoms with Crippen molar-refractivity contribution in [2.24, 2.45) is 4.99 Å².